The second-order valence-electron chi connectivity index (χ2n) is 6.22. The zero-order chi connectivity index (χ0) is 13.2. The van der Waals surface area contributed by atoms with Crippen LogP contribution in [0.1, 0.15) is 44.9 Å². The number of aryl methyl sites for hydroxylation is 1. The Bertz CT molecular complexity index is 416. The third-order valence-corrected chi connectivity index (χ3v) is 5.06. The maximum atomic E-state index is 5.82. The smallest absolute Gasteiger partial charge is 0.138 e. The molecule has 2 saturated carbocycles. The highest BCUT2D eigenvalue weighted by atomic mass is 15.3. The van der Waals surface area contributed by atoms with Crippen LogP contribution in [0, 0.1) is 17.8 Å². The van der Waals surface area contributed by atoms with Gasteiger partial charge in [-0.2, -0.15) is 5.10 Å². The predicted octanol–water partition coefficient (Wildman–Crippen LogP) is 1.50. The largest absolute Gasteiger partial charge is 0.271 e. The minimum absolute atomic E-state index is 0.357. The Morgan fingerprint density at radius 2 is 2.37 bits per heavy atom. The summed E-state index contributed by atoms with van der Waals surface area (Å²) >= 11 is 0. The quantitative estimate of drug-likeness (QED) is 0.603. The van der Waals surface area contributed by atoms with Crippen molar-refractivity contribution in [2.45, 2.75) is 58.0 Å². The van der Waals surface area contributed by atoms with Crippen LogP contribution in [0.4, 0.5) is 0 Å². The average Bonchev–Trinajstić information content (AvgIpc) is 3.12. The summed E-state index contributed by atoms with van der Waals surface area (Å²) in [6.07, 6.45) is 9.26. The van der Waals surface area contributed by atoms with Gasteiger partial charge < -0.3 is 0 Å². The van der Waals surface area contributed by atoms with Gasteiger partial charge in [0.2, 0.25) is 0 Å². The molecular formula is C14H25N5. The molecule has 2 aliphatic carbocycles. The molecule has 106 valence electrons. The molecule has 2 bridgehead atoms. The van der Waals surface area contributed by atoms with E-state index in [-0.39, 0.29) is 0 Å². The van der Waals surface area contributed by atoms with Gasteiger partial charge in [0.1, 0.15) is 12.2 Å². The van der Waals surface area contributed by atoms with Crippen molar-refractivity contribution in [3.8, 4) is 0 Å². The van der Waals surface area contributed by atoms with Crippen molar-refractivity contribution in [3.63, 3.8) is 0 Å². The van der Waals surface area contributed by atoms with Crippen LogP contribution >= 0.6 is 0 Å². The first-order chi connectivity index (χ1) is 9.31. The summed E-state index contributed by atoms with van der Waals surface area (Å²) in [5.74, 6) is 9.47. The van der Waals surface area contributed by atoms with Crippen molar-refractivity contribution < 1.29 is 0 Å². The lowest BCUT2D eigenvalue weighted by atomic mass is 9.82. The van der Waals surface area contributed by atoms with Gasteiger partial charge in [-0.3, -0.25) is 16.0 Å². The van der Waals surface area contributed by atoms with E-state index in [4.69, 9.17) is 5.84 Å². The van der Waals surface area contributed by atoms with Gasteiger partial charge in [-0.25, -0.2) is 4.98 Å². The standard InChI is InChI=1S/C14H25N5/c1-2-5-19-14(16-9-17-19)8-13(18-15)12-7-10-3-4-11(12)6-10/h9-13,18H,2-8,15H2,1H3. The van der Waals surface area contributed by atoms with Crippen LogP contribution in [0.5, 0.6) is 0 Å². The Balaban J connectivity index is 1.67. The minimum Gasteiger partial charge on any atom is -0.271 e. The van der Waals surface area contributed by atoms with Crippen molar-refractivity contribution >= 4 is 0 Å². The van der Waals surface area contributed by atoms with E-state index in [0.717, 1.165) is 43.0 Å². The van der Waals surface area contributed by atoms with E-state index in [9.17, 15) is 0 Å². The molecule has 1 aromatic heterocycles. The first kappa shape index (κ1) is 13.1. The summed E-state index contributed by atoms with van der Waals surface area (Å²) in [5.41, 5.74) is 3.06. The number of hydrogen-bond donors (Lipinski definition) is 2. The van der Waals surface area contributed by atoms with Crippen LogP contribution in [0.3, 0.4) is 0 Å². The molecule has 0 aromatic carbocycles. The molecule has 0 aliphatic heterocycles. The van der Waals surface area contributed by atoms with E-state index >= 15 is 0 Å². The monoisotopic (exact) mass is 263 g/mol. The molecule has 4 atom stereocenters. The molecular weight excluding hydrogens is 238 g/mol. The Morgan fingerprint density at radius 1 is 1.47 bits per heavy atom. The van der Waals surface area contributed by atoms with E-state index < -0.39 is 0 Å². The number of rotatable bonds is 6. The first-order valence-electron chi connectivity index (χ1n) is 7.64. The highest BCUT2D eigenvalue weighted by Crippen LogP contribution is 2.49. The summed E-state index contributed by atoms with van der Waals surface area (Å²) < 4.78 is 2.03. The topological polar surface area (TPSA) is 68.8 Å². The fourth-order valence-corrected chi connectivity index (χ4v) is 4.16. The summed E-state index contributed by atoms with van der Waals surface area (Å²) in [5, 5.41) is 4.30. The second kappa shape index (κ2) is 5.59. The zero-order valence-electron chi connectivity index (χ0n) is 11.8. The number of hydrogen-bond acceptors (Lipinski definition) is 4. The molecule has 0 saturated heterocycles. The first-order valence-corrected chi connectivity index (χ1v) is 7.64. The average molecular weight is 263 g/mol. The maximum Gasteiger partial charge on any atom is 0.138 e. The molecule has 1 aromatic rings. The van der Waals surface area contributed by atoms with Crippen LogP contribution in [-0.4, -0.2) is 20.8 Å². The van der Waals surface area contributed by atoms with E-state index in [2.05, 4.69) is 22.4 Å². The van der Waals surface area contributed by atoms with Crippen molar-refractivity contribution in [3.05, 3.63) is 12.2 Å². The molecule has 4 unspecified atom stereocenters. The third-order valence-electron chi connectivity index (χ3n) is 5.06. The highest BCUT2D eigenvalue weighted by molar-refractivity contribution is 4.99. The lowest BCUT2D eigenvalue weighted by molar-refractivity contribution is 0.244. The van der Waals surface area contributed by atoms with E-state index in [0.29, 0.717) is 6.04 Å². The number of nitrogens with one attached hydrogen (secondary N) is 1. The lowest BCUT2D eigenvalue weighted by Gasteiger charge is -2.29. The number of nitrogens with zero attached hydrogens (tertiary/aromatic N) is 3. The van der Waals surface area contributed by atoms with Crippen LogP contribution in [0.25, 0.3) is 0 Å². The molecule has 1 heterocycles. The van der Waals surface area contributed by atoms with Gasteiger partial charge in [0.25, 0.3) is 0 Å². The number of fused-ring (bicyclic) bond motifs is 2. The van der Waals surface area contributed by atoms with Crippen LogP contribution in [-0.2, 0) is 13.0 Å². The highest BCUT2D eigenvalue weighted by Gasteiger charge is 2.43. The van der Waals surface area contributed by atoms with E-state index in [1.54, 1.807) is 6.33 Å². The van der Waals surface area contributed by atoms with Crippen molar-refractivity contribution in [2.24, 2.45) is 23.6 Å². The van der Waals surface area contributed by atoms with Crippen LogP contribution in [0.15, 0.2) is 6.33 Å². The third kappa shape index (κ3) is 2.54. The second-order valence-corrected chi connectivity index (χ2v) is 6.22. The molecule has 2 aliphatic rings. The van der Waals surface area contributed by atoms with Crippen molar-refractivity contribution in [2.75, 3.05) is 0 Å². The Morgan fingerprint density at radius 3 is 3.00 bits per heavy atom. The van der Waals surface area contributed by atoms with Crippen LogP contribution in [0.2, 0.25) is 0 Å². The van der Waals surface area contributed by atoms with Gasteiger partial charge in [0.05, 0.1) is 0 Å². The SMILES string of the molecule is CCCn1ncnc1CC(NN)C1CC2CCC1C2. The molecule has 0 spiro atoms. The van der Waals surface area contributed by atoms with Gasteiger partial charge in [-0.1, -0.05) is 13.3 Å². The minimum atomic E-state index is 0.357. The fraction of sp³-hybridized carbons (Fsp3) is 0.857. The number of nitrogens with two attached hydrogens (primary N) is 1. The van der Waals surface area contributed by atoms with Crippen molar-refractivity contribution in [1.82, 2.24) is 20.2 Å². The fourth-order valence-electron chi connectivity index (χ4n) is 4.16. The Kier molecular flexibility index (Phi) is 3.84. The summed E-state index contributed by atoms with van der Waals surface area (Å²) in [7, 11) is 0. The van der Waals surface area contributed by atoms with Crippen molar-refractivity contribution in [1.29, 1.82) is 0 Å². The molecule has 0 radical (unpaired) electrons. The van der Waals surface area contributed by atoms with E-state index in [1.807, 2.05) is 4.68 Å². The van der Waals surface area contributed by atoms with E-state index in [1.165, 1.54) is 25.7 Å². The molecule has 5 heteroatoms. The van der Waals surface area contributed by atoms with Gasteiger partial charge in [0, 0.05) is 19.0 Å². The van der Waals surface area contributed by atoms with Gasteiger partial charge >= 0.3 is 0 Å². The van der Waals surface area contributed by atoms with Gasteiger partial charge in [0.15, 0.2) is 0 Å². The molecule has 0 amide bonds. The molecule has 3 N–H and O–H groups in total. The molecule has 19 heavy (non-hydrogen) atoms. The number of aromatic nitrogens is 3. The predicted molar refractivity (Wildman–Crippen MR) is 74.1 cm³/mol. The molecule has 2 fully saturated rings. The maximum absolute atomic E-state index is 5.82. The normalized spacial score (nSPS) is 30.9. The Labute approximate surface area is 114 Å². The zero-order valence-corrected chi connectivity index (χ0v) is 11.8. The van der Waals surface area contributed by atoms with Gasteiger partial charge in [-0.15, -0.1) is 0 Å². The van der Waals surface area contributed by atoms with Gasteiger partial charge in [-0.05, 0) is 43.4 Å². The summed E-state index contributed by atoms with van der Waals surface area (Å²) in [4.78, 5) is 4.41. The van der Waals surface area contributed by atoms with Crippen LogP contribution < -0.4 is 11.3 Å². The lowest BCUT2D eigenvalue weighted by Crippen LogP contribution is -2.44. The Hall–Kier alpha value is -0.940. The molecule has 3 rings (SSSR count). The summed E-state index contributed by atoms with van der Waals surface area (Å²) in [6, 6.07) is 0.357. The summed E-state index contributed by atoms with van der Waals surface area (Å²) in [6.45, 7) is 3.11. The number of hydrazine groups is 1. The molecule has 5 nitrogen and oxygen atoms in total.